The highest BCUT2D eigenvalue weighted by molar-refractivity contribution is 5.94. The maximum atomic E-state index is 12.6. The fourth-order valence-corrected chi connectivity index (χ4v) is 3.16. The maximum absolute atomic E-state index is 12.6. The van der Waals surface area contributed by atoms with Crippen LogP contribution in [0.15, 0.2) is 54.6 Å². The van der Waals surface area contributed by atoms with Crippen LogP contribution in [0.5, 0.6) is 5.75 Å². The van der Waals surface area contributed by atoms with Crippen molar-refractivity contribution in [2.75, 3.05) is 20.1 Å². The van der Waals surface area contributed by atoms with Gasteiger partial charge in [0.05, 0.1) is 0 Å². The number of carbonyl (C=O) groups is 2. The van der Waals surface area contributed by atoms with Gasteiger partial charge in [0.2, 0.25) is 5.91 Å². The van der Waals surface area contributed by atoms with Crippen LogP contribution in [0, 0.1) is 5.92 Å². The molecule has 0 unspecified atom stereocenters. The fraction of sp³-hybridized carbons (Fsp3) is 0.333. The molecule has 0 aliphatic carbocycles. The number of para-hydroxylation sites is 1. The molecule has 5 heteroatoms. The van der Waals surface area contributed by atoms with E-state index in [1.165, 1.54) is 0 Å². The van der Waals surface area contributed by atoms with Crippen molar-refractivity contribution >= 4 is 11.8 Å². The molecule has 0 radical (unpaired) electrons. The van der Waals surface area contributed by atoms with E-state index in [0.717, 1.165) is 11.3 Å². The van der Waals surface area contributed by atoms with Crippen LogP contribution in [0.4, 0.5) is 0 Å². The monoisotopic (exact) mass is 352 g/mol. The third kappa shape index (κ3) is 4.42. The highest BCUT2D eigenvalue weighted by Crippen LogP contribution is 2.20. The number of nitrogens with one attached hydrogen (secondary N) is 1. The average molecular weight is 352 g/mol. The van der Waals surface area contributed by atoms with E-state index < -0.39 is 0 Å². The number of hydrogen-bond acceptors (Lipinski definition) is 3. The van der Waals surface area contributed by atoms with Crippen molar-refractivity contribution in [1.29, 1.82) is 0 Å². The zero-order chi connectivity index (χ0) is 18.4. The number of benzene rings is 2. The van der Waals surface area contributed by atoms with E-state index in [0.29, 0.717) is 38.1 Å². The first-order chi connectivity index (χ1) is 12.7. The van der Waals surface area contributed by atoms with Gasteiger partial charge in [-0.1, -0.05) is 30.3 Å². The summed E-state index contributed by atoms with van der Waals surface area (Å²) in [5.74, 6) is 0.934. The van der Waals surface area contributed by atoms with Crippen molar-refractivity contribution in [3.63, 3.8) is 0 Å². The van der Waals surface area contributed by atoms with Gasteiger partial charge < -0.3 is 15.0 Å². The molecule has 0 aromatic heterocycles. The molecule has 1 fully saturated rings. The Hall–Kier alpha value is -2.82. The van der Waals surface area contributed by atoms with Crippen LogP contribution in [0.3, 0.4) is 0 Å². The van der Waals surface area contributed by atoms with Crippen LogP contribution in [-0.2, 0) is 11.4 Å². The number of rotatable bonds is 5. The summed E-state index contributed by atoms with van der Waals surface area (Å²) in [4.78, 5) is 26.1. The van der Waals surface area contributed by atoms with Crippen LogP contribution in [0.2, 0.25) is 0 Å². The zero-order valence-electron chi connectivity index (χ0n) is 15.0. The second kappa shape index (κ2) is 8.52. The molecule has 1 saturated heterocycles. The number of carbonyl (C=O) groups excluding carboxylic acids is 2. The van der Waals surface area contributed by atoms with E-state index in [2.05, 4.69) is 5.32 Å². The Bertz CT molecular complexity index is 736. The predicted molar refractivity (Wildman–Crippen MR) is 99.9 cm³/mol. The Morgan fingerprint density at radius 2 is 1.69 bits per heavy atom. The molecule has 2 aromatic carbocycles. The number of likely N-dealkylation sites (tertiary alicyclic amines) is 1. The van der Waals surface area contributed by atoms with E-state index in [9.17, 15) is 9.59 Å². The average Bonchev–Trinajstić information content (AvgIpc) is 2.72. The summed E-state index contributed by atoms with van der Waals surface area (Å²) < 4.78 is 5.72. The van der Waals surface area contributed by atoms with Crippen molar-refractivity contribution in [2.45, 2.75) is 19.4 Å². The van der Waals surface area contributed by atoms with Gasteiger partial charge in [0.25, 0.3) is 5.91 Å². The van der Waals surface area contributed by atoms with Gasteiger partial charge >= 0.3 is 0 Å². The van der Waals surface area contributed by atoms with Gasteiger partial charge in [-0.05, 0) is 42.7 Å². The minimum absolute atomic E-state index is 0.0153. The van der Waals surface area contributed by atoms with Crippen molar-refractivity contribution < 1.29 is 14.3 Å². The highest BCUT2D eigenvalue weighted by Gasteiger charge is 2.27. The molecule has 0 atom stereocenters. The molecular formula is C21H24N2O3. The normalized spacial score (nSPS) is 14.7. The molecule has 1 heterocycles. The lowest BCUT2D eigenvalue weighted by Crippen LogP contribution is -2.42. The van der Waals surface area contributed by atoms with E-state index in [-0.39, 0.29) is 17.7 Å². The molecule has 5 nitrogen and oxygen atoms in total. The summed E-state index contributed by atoms with van der Waals surface area (Å²) in [5.41, 5.74) is 1.69. The Labute approximate surface area is 154 Å². The number of ether oxygens (including phenoxy) is 1. The fourth-order valence-electron chi connectivity index (χ4n) is 3.16. The first-order valence-electron chi connectivity index (χ1n) is 8.95. The molecule has 3 rings (SSSR count). The van der Waals surface area contributed by atoms with Gasteiger partial charge in [-0.3, -0.25) is 9.59 Å². The number of hydrogen-bond donors (Lipinski definition) is 1. The van der Waals surface area contributed by atoms with E-state index in [4.69, 9.17) is 4.74 Å². The minimum Gasteiger partial charge on any atom is -0.489 e. The third-order valence-electron chi connectivity index (χ3n) is 4.75. The lowest BCUT2D eigenvalue weighted by atomic mass is 9.95. The third-order valence-corrected chi connectivity index (χ3v) is 4.75. The molecule has 0 bridgehead atoms. The Morgan fingerprint density at radius 1 is 1.04 bits per heavy atom. The molecular weight excluding hydrogens is 328 g/mol. The van der Waals surface area contributed by atoms with Crippen LogP contribution in [0.1, 0.15) is 28.8 Å². The van der Waals surface area contributed by atoms with E-state index in [1.54, 1.807) is 7.05 Å². The van der Waals surface area contributed by atoms with Crippen molar-refractivity contribution in [3.8, 4) is 5.75 Å². The van der Waals surface area contributed by atoms with Gasteiger partial charge in [0.15, 0.2) is 0 Å². The molecule has 1 aliphatic rings. The molecule has 1 aliphatic heterocycles. The second-order valence-corrected chi connectivity index (χ2v) is 6.48. The maximum Gasteiger partial charge on any atom is 0.253 e. The summed E-state index contributed by atoms with van der Waals surface area (Å²) in [6.45, 7) is 1.71. The van der Waals surface area contributed by atoms with Gasteiger partial charge in [-0.25, -0.2) is 0 Å². The minimum atomic E-state index is 0.0153. The highest BCUT2D eigenvalue weighted by atomic mass is 16.5. The summed E-state index contributed by atoms with van der Waals surface area (Å²) in [5, 5.41) is 2.69. The van der Waals surface area contributed by atoms with Gasteiger partial charge in [-0.15, -0.1) is 0 Å². The Kier molecular flexibility index (Phi) is 5.89. The second-order valence-electron chi connectivity index (χ2n) is 6.48. The molecule has 2 aromatic rings. The molecule has 26 heavy (non-hydrogen) atoms. The molecule has 0 spiro atoms. The number of amides is 2. The summed E-state index contributed by atoms with van der Waals surface area (Å²) >= 11 is 0. The largest absolute Gasteiger partial charge is 0.489 e. The van der Waals surface area contributed by atoms with Crippen molar-refractivity contribution in [2.24, 2.45) is 5.92 Å². The topological polar surface area (TPSA) is 58.6 Å². The SMILES string of the molecule is CNC(=O)C1CCN(C(=O)c2ccc(COc3ccccc3)cc2)CC1. The van der Waals surface area contributed by atoms with Gasteiger partial charge in [0, 0.05) is 31.6 Å². The van der Waals surface area contributed by atoms with Crippen molar-refractivity contribution in [1.82, 2.24) is 10.2 Å². The van der Waals surface area contributed by atoms with Gasteiger partial charge in [0.1, 0.15) is 12.4 Å². The molecule has 2 amide bonds. The lowest BCUT2D eigenvalue weighted by molar-refractivity contribution is -0.125. The number of piperidine rings is 1. The standard InChI is InChI=1S/C21H24N2O3/c1-22-20(24)17-11-13-23(14-12-17)21(25)18-9-7-16(8-10-18)15-26-19-5-3-2-4-6-19/h2-10,17H,11-15H2,1H3,(H,22,24). The number of nitrogens with zero attached hydrogens (tertiary/aromatic N) is 1. The molecule has 1 N–H and O–H groups in total. The first-order valence-corrected chi connectivity index (χ1v) is 8.95. The van der Waals surface area contributed by atoms with Crippen LogP contribution in [-0.4, -0.2) is 36.9 Å². The van der Waals surface area contributed by atoms with Crippen LogP contribution >= 0.6 is 0 Å². The lowest BCUT2D eigenvalue weighted by Gasteiger charge is -2.31. The van der Waals surface area contributed by atoms with E-state index >= 15 is 0 Å². The summed E-state index contributed by atoms with van der Waals surface area (Å²) in [6, 6.07) is 17.2. The van der Waals surface area contributed by atoms with E-state index in [1.807, 2.05) is 59.5 Å². The summed E-state index contributed by atoms with van der Waals surface area (Å²) in [7, 11) is 1.66. The van der Waals surface area contributed by atoms with Crippen LogP contribution < -0.4 is 10.1 Å². The van der Waals surface area contributed by atoms with Crippen molar-refractivity contribution in [3.05, 3.63) is 65.7 Å². The Morgan fingerprint density at radius 3 is 2.31 bits per heavy atom. The molecule has 0 saturated carbocycles. The summed E-state index contributed by atoms with van der Waals surface area (Å²) in [6.07, 6.45) is 1.43. The predicted octanol–water partition coefficient (Wildman–Crippen LogP) is 2.86. The van der Waals surface area contributed by atoms with Gasteiger partial charge in [-0.2, -0.15) is 0 Å². The Balaban J connectivity index is 1.53. The first kappa shape index (κ1) is 18.0. The van der Waals surface area contributed by atoms with Crippen LogP contribution in [0.25, 0.3) is 0 Å². The quantitative estimate of drug-likeness (QED) is 0.900. The zero-order valence-corrected chi connectivity index (χ0v) is 15.0. The smallest absolute Gasteiger partial charge is 0.253 e. The molecule has 136 valence electrons.